The van der Waals surface area contributed by atoms with Crippen LogP contribution in [0, 0.1) is 16.0 Å². The van der Waals surface area contributed by atoms with Crippen molar-refractivity contribution in [2.45, 2.75) is 30.6 Å². The van der Waals surface area contributed by atoms with Gasteiger partial charge in [0.1, 0.15) is 5.69 Å². The Kier molecular flexibility index (Phi) is 4.24. The molecular formula is C12H17N3O4S. The number of nitrogens with two attached hydrogens (primary N) is 1. The third-order valence-corrected chi connectivity index (χ3v) is 4.97. The summed E-state index contributed by atoms with van der Waals surface area (Å²) in [6.07, 6.45) is 4.29. The fourth-order valence-electron chi connectivity index (χ4n) is 2.37. The largest absolute Gasteiger partial charge is 0.393 e. The van der Waals surface area contributed by atoms with Gasteiger partial charge in [-0.05, 0) is 30.9 Å². The SMILES string of the molecule is Nc1ccc(S(=O)(=O)NCC2CCCC2)cc1[N+](=O)[O-]. The smallest absolute Gasteiger partial charge is 0.293 e. The molecule has 1 aliphatic rings. The van der Waals surface area contributed by atoms with Crippen molar-refractivity contribution < 1.29 is 13.3 Å². The summed E-state index contributed by atoms with van der Waals surface area (Å²) in [6, 6.07) is 3.51. The normalized spacial score (nSPS) is 16.4. The van der Waals surface area contributed by atoms with E-state index < -0.39 is 20.6 Å². The molecule has 0 aliphatic heterocycles. The minimum absolute atomic E-state index is 0.0512. The van der Waals surface area contributed by atoms with E-state index >= 15 is 0 Å². The van der Waals surface area contributed by atoms with Gasteiger partial charge in [0.05, 0.1) is 9.82 Å². The van der Waals surface area contributed by atoms with Gasteiger partial charge in [0.2, 0.25) is 10.0 Å². The molecule has 1 aliphatic carbocycles. The van der Waals surface area contributed by atoms with Gasteiger partial charge in [0.25, 0.3) is 5.69 Å². The average molecular weight is 299 g/mol. The predicted molar refractivity (Wildman–Crippen MR) is 74.7 cm³/mol. The maximum absolute atomic E-state index is 12.1. The van der Waals surface area contributed by atoms with Crippen LogP contribution in [0.5, 0.6) is 0 Å². The molecule has 20 heavy (non-hydrogen) atoms. The summed E-state index contributed by atoms with van der Waals surface area (Å²) in [7, 11) is -3.73. The van der Waals surface area contributed by atoms with Gasteiger partial charge >= 0.3 is 0 Å². The molecule has 0 bridgehead atoms. The van der Waals surface area contributed by atoms with Gasteiger partial charge in [0.15, 0.2) is 0 Å². The van der Waals surface area contributed by atoms with Crippen LogP contribution in [-0.2, 0) is 10.0 Å². The zero-order valence-corrected chi connectivity index (χ0v) is 11.7. The van der Waals surface area contributed by atoms with Crippen molar-refractivity contribution in [1.29, 1.82) is 0 Å². The highest BCUT2D eigenvalue weighted by Gasteiger charge is 2.22. The van der Waals surface area contributed by atoms with Crippen LogP contribution < -0.4 is 10.5 Å². The monoisotopic (exact) mass is 299 g/mol. The fraction of sp³-hybridized carbons (Fsp3) is 0.500. The first-order valence-corrected chi connectivity index (χ1v) is 7.92. The number of hydrogen-bond acceptors (Lipinski definition) is 5. The van der Waals surface area contributed by atoms with Crippen LogP contribution in [0.1, 0.15) is 25.7 Å². The molecule has 1 aromatic rings. The number of anilines is 1. The van der Waals surface area contributed by atoms with Crippen LogP contribution in [0.2, 0.25) is 0 Å². The highest BCUT2D eigenvalue weighted by molar-refractivity contribution is 7.89. The maximum Gasteiger partial charge on any atom is 0.293 e. The first-order chi connectivity index (χ1) is 9.40. The molecule has 0 atom stereocenters. The average Bonchev–Trinajstić information content (AvgIpc) is 2.89. The summed E-state index contributed by atoms with van der Waals surface area (Å²) in [4.78, 5) is 9.96. The Morgan fingerprint density at radius 2 is 2.00 bits per heavy atom. The minimum atomic E-state index is -3.73. The van der Waals surface area contributed by atoms with E-state index in [2.05, 4.69) is 4.72 Å². The maximum atomic E-state index is 12.1. The predicted octanol–water partition coefficient (Wildman–Crippen LogP) is 1.65. The lowest BCUT2D eigenvalue weighted by molar-refractivity contribution is -0.384. The summed E-state index contributed by atoms with van der Waals surface area (Å²) in [5, 5.41) is 10.8. The van der Waals surface area contributed by atoms with E-state index in [0.29, 0.717) is 12.5 Å². The summed E-state index contributed by atoms with van der Waals surface area (Å²) >= 11 is 0. The molecule has 0 spiro atoms. The van der Waals surface area contributed by atoms with Gasteiger partial charge < -0.3 is 5.73 Å². The lowest BCUT2D eigenvalue weighted by atomic mass is 10.1. The third-order valence-electron chi connectivity index (χ3n) is 3.55. The van der Waals surface area contributed by atoms with Gasteiger partial charge in [-0.15, -0.1) is 0 Å². The second-order valence-electron chi connectivity index (χ2n) is 4.98. The van der Waals surface area contributed by atoms with Crippen molar-refractivity contribution in [1.82, 2.24) is 4.72 Å². The number of nitro benzene ring substituents is 1. The van der Waals surface area contributed by atoms with Gasteiger partial charge in [-0.2, -0.15) is 0 Å². The molecule has 1 aromatic carbocycles. The topological polar surface area (TPSA) is 115 Å². The second kappa shape index (κ2) is 5.76. The van der Waals surface area contributed by atoms with E-state index in [9.17, 15) is 18.5 Å². The molecule has 0 unspecified atom stereocenters. The molecular weight excluding hydrogens is 282 g/mol. The summed E-state index contributed by atoms with van der Waals surface area (Å²) in [6.45, 7) is 0.376. The van der Waals surface area contributed by atoms with E-state index in [-0.39, 0.29) is 10.6 Å². The van der Waals surface area contributed by atoms with Crippen LogP contribution in [0.25, 0.3) is 0 Å². The molecule has 1 fully saturated rings. The quantitative estimate of drug-likeness (QED) is 0.487. The van der Waals surface area contributed by atoms with Gasteiger partial charge in [0, 0.05) is 12.6 Å². The fourth-order valence-corrected chi connectivity index (χ4v) is 3.51. The van der Waals surface area contributed by atoms with Crippen molar-refractivity contribution in [3.05, 3.63) is 28.3 Å². The standard InChI is InChI=1S/C12H17N3O4S/c13-11-6-5-10(7-12(11)15(16)17)20(18,19)14-8-9-3-1-2-4-9/h5-7,9,14H,1-4,8,13H2. The third kappa shape index (κ3) is 3.26. The van der Waals surface area contributed by atoms with Crippen LogP contribution in [0.4, 0.5) is 11.4 Å². The molecule has 2 rings (SSSR count). The Balaban J connectivity index is 2.16. The number of sulfonamides is 1. The van der Waals surface area contributed by atoms with Crippen molar-refractivity contribution in [3.63, 3.8) is 0 Å². The van der Waals surface area contributed by atoms with E-state index in [1.165, 1.54) is 12.1 Å². The molecule has 0 heterocycles. The van der Waals surface area contributed by atoms with Gasteiger partial charge in [-0.25, -0.2) is 13.1 Å². The highest BCUT2D eigenvalue weighted by Crippen LogP contribution is 2.26. The number of nitrogen functional groups attached to an aromatic ring is 1. The molecule has 8 heteroatoms. The summed E-state index contributed by atoms with van der Waals surface area (Å²) in [5.41, 5.74) is 5.00. The lowest BCUT2D eigenvalue weighted by Gasteiger charge is -2.11. The number of nitrogens with one attached hydrogen (secondary N) is 1. The number of rotatable bonds is 5. The van der Waals surface area contributed by atoms with Crippen LogP contribution in [0.15, 0.2) is 23.1 Å². The molecule has 0 saturated heterocycles. The van der Waals surface area contributed by atoms with Crippen LogP contribution in [0.3, 0.4) is 0 Å². The summed E-state index contributed by atoms with van der Waals surface area (Å²) in [5.74, 6) is 0.355. The molecule has 1 saturated carbocycles. The van der Waals surface area contributed by atoms with Crippen LogP contribution >= 0.6 is 0 Å². The minimum Gasteiger partial charge on any atom is -0.393 e. The second-order valence-corrected chi connectivity index (χ2v) is 6.75. The Bertz CT molecular complexity index is 609. The number of benzene rings is 1. The Morgan fingerprint density at radius 3 is 2.60 bits per heavy atom. The number of nitrogens with zero attached hydrogens (tertiary/aromatic N) is 1. The molecule has 0 aromatic heterocycles. The van der Waals surface area contributed by atoms with Crippen LogP contribution in [-0.4, -0.2) is 19.9 Å². The van der Waals surface area contributed by atoms with E-state index in [1.807, 2.05) is 0 Å². The first-order valence-electron chi connectivity index (χ1n) is 6.44. The van der Waals surface area contributed by atoms with Gasteiger partial charge in [-0.3, -0.25) is 10.1 Å². The molecule has 110 valence electrons. The van der Waals surface area contributed by atoms with Crippen molar-refractivity contribution in [2.75, 3.05) is 12.3 Å². The highest BCUT2D eigenvalue weighted by atomic mass is 32.2. The van der Waals surface area contributed by atoms with Crippen molar-refractivity contribution in [2.24, 2.45) is 5.92 Å². The van der Waals surface area contributed by atoms with E-state index in [4.69, 9.17) is 5.73 Å². The number of hydrogen-bond donors (Lipinski definition) is 2. The molecule has 0 amide bonds. The molecule has 7 nitrogen and oxygen atoms in total. The Labute approximate surface area is 117 Å². The zero-order chi connectivity index (χ0) is 14.8. The molecule has 0 radical (unpaired) electrons. The van der Waals surface area contributed by atoms with Crippen molar-refractivity contribution >= 4 is 21.4 Å². The molecule has 3 N–H and O–H groups in total. The zero-order valence-electron chi connectivity index (χ0n) is 10.9. The lowest BCUT2D eigenvalue weighted by Crippen LogP contribution is -2.28. The Hall–Kier alpha value is -1.67. The van der Waals surface area contributed by atoms with Crippen molar-refractivity contribution in [3.8, 4) is 0 Å². The summed E-state index contributed by atoms with van der Waals surface area (Å²) < 4.78 is 26.7. The number of nitro groups is 1. The van der Waals surface area contributed by atoms with Gasteiger partial charge in [-0.1, -0.05) is 12.8 Å². The van der Waals surface area contributed by atoms with E-state index in [1.54, 1.807) is 0 Å². The first kappa shape index (κ1) is 14.7. The van der Waals surface area contributed by atoms with E-state index in [0.717, 1.165) is 31.7 Å². The Morgan fingerprint density at radius 1 is 1.35 bits per heavy atom.